The lowest BCUT2D eigenvalue weighted by Gasteiger charge is -2.12. The van der Waals surface area contributed by atoms with Crippen molar-refractivity contribution >= 4 is 23.0 Å². The molecule has 0 saturated heterocycles. The summed E-state index contributed by atoms with van der Waals surface area (Å²) >= 11 is 0. The van der Waals surface area contributed by atoms with E-state index in [9.17, 15) is 8.78 Å². The van der Waals surface area contributed by atoms with Crippen molar-refractivity contribution in [1.82, 2.24) is 9.97 Å². The second-order valence-corrected chi connectivity index (χ2v) is 5.63. The Hall–Kier alpha value is -3.42. The molecule has 8 heteroatoms. The van der Waals surface area contributed by atoms with Crippen molar-refractivity contribution in [3.8, 4) is 11.5 Å². The quantitative estimate of drug-likeness (QED) is 0.661. The van der Waals surface area contributed by atoms with Gasteiger partial charge in [-0.1, -0.05) is 0 Å². The third-order valence-corrected chi connectivity index (χ3v) is 3.69. The lowest BCUT2D eigenvalue weighted by molar-refractivity contribution is 0.355. The van der Waals surface area contributed by atoms with E-state index in [1.807, 2.05) is 6.07 Å². The summed E-state index contributed by atoms with van der Waals surface area (Å²) in [5, 5.41) is 6.09. The van der Waals surface area contributed by atoms with E-state index >= 15 is 0 Å². The predicted molar refractivity (Wildman–Crippen MR) is 99.2 cm³/mol. The molecule has 0 spiro atoms. The van der Waals surface area contributed by atoms with Crippen LogP contribution >= 0.6 is 0 Å². The van der Waals surface area contributed by atoms with Crippen molar-refractivity contribution in [1.29, 1.82) is 0 Å². The largest absolute Gasteiger partial charge is 0.493 e. The monoisotopic (exact) mass is 372 g/mol. The summed E-state index contributed by atoms with van der Waals surface area (Å²) in [7, 11) is 3.12. The van der Waals surface area contributed by atoms with Crippen LogP contribution in [0.3, 0.4) is 0 Å². The van der Waals surface area contributed by atoms with Crippen LogP contribution in [-0.4, -0.2) is 24.2 Å². The van der Waals surface area contributed by atoms with E-state index in [-0.39, 0.29) is 0 Å². The Labute approximate surface area is 155 Å². The van der Waals surface area contributed by atoms with Gasteiger partial charge in [-0.3, -0.25) is 0 Å². The zero-order valence-corrected chi connectivity index (χ0v) is 15.0. The second-order valence-electron chi connectivity index (χ2n) is 5.63. The smallest absolute Gasteiger partial charge is 0.162 e. The summed E-state index contributed by atoms with van der Waals surface area (Å²) < 4.78 is 36.9. The fraction of sp³-hybridized carbons (Fsp3) is 0.158. The van der Waals surface area contributed by atoms with Crippen LogP contribution in [0.2, 0.25) is 0 Å². The van der Waals surface area contributed by atoms with Gasteiger partial charge in [-0.15, -0.1) is 0 Å². The fourth-order valence-corrected chi connectivity index (χ4v) is 2.48. The number of halogens is 2. The van der Waals surface area contributed by atoms with Crippen molar-refractivity contribution in [3.05, 3.63) is 59.9 Å². The summed E-state index contributed by atoms with van der Waals surface area (Å²) in [5.74, 6) is 0.822. The second kappa shape index (κ2) is 7.86. The van der Waals surface area contributed by atoms with Gasteiger partial charge in [0, 0.05) is 29.6 Å². The maximum absolute atomic E-state index is 13.4. The van der Waals surface area contributed by atoms with Crippen LogP contribution in [0.15, 0.2) is 42.5 Å². The molecule has 0 aliphatic heterocycles. The minimum Gasteiger partial charge on any atom is -0.493 e. The van der Waals surface area contributed by atoms with Crippen molar-refractivity contribution < 1.29 is 18.3 Å². The number of nitrogens with zero attached hydrogens (tertiary/aromatic N) is 2. The number of methoxy groups -OCH3 is 2. The van der Waals surface area contributed by atoms with Gasteiger partial charge in [0.15, 0.2) is 23.1 Å². The van der Waals surface area contributed by atoms with Gasteiger partial charge in [-0.25, -0.2) is 18.7 Å². The average molecular weight is 372 g/mol. The van der Waals surface area contributed by atoms with Gasteiger partial charge < -0.3 is 20.1 Å². The van der Waals surface area contributed by atoms with E-state index in [4.69, 9.17) is 9.47 Å². The minimum atomic E-state index is -0.936. The topological polar surface area (TPSA) is 68.3 Å². The number of hydrogen-bond donors (Lipinski definition) is 2. The highest BCUT2D eigenvalue weighted by atomic mass is 19.2. The fourth-order valence-electron chi connectivity index (χ4n) is 2.48. The van der Waals surface area contributed by atoms with E-state index in [2.05, 4.69) is 20.6 Å². The Morgan fingerprint density at radius 1 is 0.741 bits per heavy atom. The molecule has 0 unspecified atom stereocenters. The van der Waals surface area contributed by atoms with E-state index < -0.39 is 11.6 Å². The third kappa shape index (κ3) is 4.41. The van der Waals surface area contributed by atoms with Crippen LogP contribution in [0.4, 0.5) is 31.8 Å². The Morgan fingerprint density at radius 3 is 1.93 bits per heavy atom. The van der Waals surface area contributed by atoms with Gasteiger partial charge in [-0.05, 0) is 31.2 Å². The molecular weight excluding hydrogens is 354 g/mol. The molecule has 6 nitrogen and oxygen atoms in total. The molecule has 0 aliphatic rings. The van der Waals surface area contributed by atoms with Crippen molar-refractivity contribution in [2.24, 2.45) is 0 Å². The molecule has 0 atom stereocenters. The summed E-state index contributed by atoms with van der Waals surface area (Å²) in [6.45, 7) is 1.73. The molecule has 2 N–H and O–H groups in total. The zero-order valence-electron chi connectivity index (χ0n) is 15.0. The maximum atomic E-state index is 13.4. The summed E-state index contributed by atoms with van der Waals surface area (Å²) in [5.41, 5.74) is 1.12. The highest BCUT2D eigenvalue weighted by Crippen LogP contribution is 2.31. The van der Waals surface area contributed by atoms with E-state index in [1.165, 1.54) is 6.07 Å². The highest BCUT2D eigenvalue weighted by molar-refractivity contribution is 5.65. The molecule has 1 heterocycles. The summed E-state index contributed by atoms with van der Waals surface area (Å²) in [4.78, 5) is 8.59. The number of benzene rings is 2. The van der Waals surface area contributed by atoms with Crippen molar-refractivity contribution in [2.45, 2.75) is 6.92 Å². The van der Waals surface area contributed by atoms with E-state index in [0.29, 0.717) is 34.6 Å². The first-order valence-corrected chi connectivity index (χ1v) is 8.05. The number of hydrogen-bond acceptors (Lipinski definition) is 6. The van der Waals surface area contributed by atoms with Crippen molar-refractivity contribution in [2.75, 3.05) is 24.9 Å². The van der Waals surface area contributed by atoms with Crippen molar-refractivity contribution in [3.63, 3.8) is 0 Å². The molecule has 0 bridgehead atoms. The minimum absolute atomic E-state index is 0.379. The van der Waals surface area contributed by atoms with Gasteiger partial charge in [0.25, 0.3) is 0 Å². The molecule has 0 fully saturated rings. The first-order valence-electron chi connectivity index (χ1n) is 8.05. The molecule has 140 valence electrons. The molecular formula is C19H18F2N4O2. The number of anilines is 4. The molecule has 3 rings (SSSR count). The van der Waals surface area contributed by atoms with Crippen LogP contribution in [0, 0.1) is 18.6 Å². The standard InChI is InChI=1S/C19H18F2N4O2/c1-11-22-18(24-12-4-6-14(20)15(21)8-12)10-19(23-11)25-13-5-7-16(26-2)17(9-13)27-3/h4-10H,1-3H3,(H2,22,23,24,25). The molecule has 3 aromatic rings. The Morgan fingerprint density at radius 2 is 1.33 bits per heavy atom. The lowest BCUT2D eigenvalue weighted by Crippen LogP contribution is -2.02. The zero-order chi connectivity index (χ0) is 19.4. The summed E-state index contributed by atoms with van der Waals surface area (Å²) in [6, 6.07) is 10.6. The van der Waals surface area contributed by atoms with Gasteiger partial charge in [-0.2, -0.15) is 0 Å². The predicted octanol–water partition coefficient (Wildman–Crippen LogP) is 4.57. The first kappa shape index (κ1) is 18.4. The molecule has 2 aromatic carbocycles. The molecule has 1 aromatic heterocycles. The average Bonchev–Trinajstić information content (AvgIpc) is 2.64. The molecule has 27 heavy (non-hydrogen) atoms. The number of aryl methyl sites for hydroxylation is 1. The lowest BCUT2D eigenvalue weighted by atomic mass is 10.2. The molecule has 0 aliphatic carbocycles. The van der Waals surface area contributed by atoms with Crippen LogP contribution in [0.25, 0.3) is 0 Å². The highest BCUT2D eigenvalue weighted by Gasteiger charge is 2.08. The Balaban J connectivity index is 1.84. The normalized spacial score (nSPS) is 10.4. The number of rotatable bonds is 6. The molecule has 0 amide bonds. The number of ether oxygens (including phenoxy) is 2. The van der Waals surface area contributed by atoms with Crippen LogP contribution in [-0.2, 0) is 0 Å². The number of nitrogens with one attached hydrogen (secondary N) is 2. The molecule has 0 saturated carbocycles. The Bertz CT molecular complexity index is 966. The van der Waals surface area contributed by atoms with Crippen LogP contribution in [0.5, 0.6) is 11.5 Å². The van der Waals surface area contributed by atoms with Gasteiger partial charge in [0.05, 0.1) is 14.2 Å². The summed E-state index contributed by atoms with van der Waals surface area (Å²) in [6.07, 6.45) is 0. The van der Waals surface area contributed by atoms with Gasteiger partial charge >= 0.3 is 0 Å². The molecule has 0 radical (unpaired) electrons. The van der Waals surface area contributed by atoms with Gasteiger partial charge in [0.1, 0.15) is 17.5 Å². The van der Waals surface area contributed by atoms with E-state index in [0.717, 1.165) is 17.8 Å². The number of aromatic nitrogens is 2. The van der Waals surface area contributed by atoms with Crippen LogP contribution in [0.1, 0.15) is 5.82 Å². The Kier molecular flexibility index (Phi) is 5.35. The van der Waals surface area contributed by atoms with Crippen LogP contribution < -0.4 is 20.1 Å². The first-order chi connectivity index (χ1) is 13.0. The van der Waals surface area contributed by atoms with Gasteiger partial charge in [0.2, 0.25) is 0 Å². The SMILES string of the molecule is COc1ccc(Nc2cc(Nc3ccc(F)c(F)c3)nc(C)n2)cc1OC. The maximum Gasteiger partial charge on any atom is 0.162 e. The van der Waals surface area contributed by atoms with E-state index in [1.54, 1.807) is 39.3 Å². The third-order valence-electron chi connectivity index (χ3n) is 3.69.